The molecule has 32 heavy (non-hydrogen) atoms. The zero-order chi connectivity index (χ0) is 23.4. The molecule has 2 aromatic carbocycles. The minimum atomic E-state index is -1.55. The fraction of sp³-hybridized carbons (Fsp3) is 0.273. The Kier molecular flexibility index (Phi) is 7.04. The molecule has 0 fully saturated rings. The van der Waals surface area contributed by atoms with Crippen LogP contribution in [0.4, 0.5) is 24.8 Å². The number of halogens is 3. The molecule has 0 aliphatic rings. The normalized spacial score (nSPS) is 10.8. The molecule has 0 bridgehead atoms. The smallest absolute Gasteiger partial charge is 0.279 e. The summed E-state index contributed by atoms with van der Waals surface area (Å²) in [6, 6.07) is 5.19. The number of aryl methyl sites for hydroxylation is 1. The maximum absolute atomic E-state index is 13.7. The monoisotopic (exact) mass is 449 g/mol. The molecule has 0 amide bonds. The number of methoxy groups -OCH3 is 3. The predicted octanol–water partition coefficient (Wildman–Crippen LogP) is 3.92. The minimum Gasteiger partial charge on any atom is -0.493 e. The Bertz CT molecular complexity index is 1170. The van der Waals surface area contributed by atoms with Crippen molar-refractivity contribution in [2.24, 2.45) is 0 Å². The number of ether oxygens (including phenoxy) is 3. The molecule has 1 heterocycles. The van der Waals surface area contributed by atoms with Crippen molar-refractivity contribution < 1.29 is 27.4 Å². The Labute approximate surface area is 182 Å². The summed E-state index contributed by atoms with van der Waals surface area (Å²) in [7, 11) is 4.43. The van der Waals surface area contributed by atoms with E-state index in [9.17, 15) is 18.0 Å². The molecule has 1 N–H and O–H groups in total. The van der Waals surface area contributed by atoms with Crippen molar-refractivity contribution in [1.82, 2.24) is 9.55 Å². The maximum atomic E-state index is 13.7. The van der Waals surface area contributed by atoms with Crippen molar-refractivity contribution in [3.63, 3.8) is 0 Å². The molecule has 3 rings (SSSR count). The van der Waals surface area contributed by atoms with Crippen molar-refractivity contribution in [1.29, 1.82) is 0 Å². The molecule has 7 nitrogen and oxygen atoms in total. The first-order valence-electron chi connectivity index (χ1n) is 9.49. The number of aromatic nitrogens is 2. The van der Waals surface area contributed by atoms with Crippen LogP contribution in [0.25, 0.3) is 0 Å². The summed E-state index contributed by atoms with van der Waals surface area (Å²) in [6.07, 6.45) is 1.47. The topological polar surface area (TPSA) is 74.6 Å². The molecular weight excluding hydrogens is 427 g/mol. The van der Waals surface area contributed by atoms with Gasteiger partial charge in [-0.1, -0.05) is 0 Å². The van der Waals surface area contributed by atoms with Gasteiger partial charge in [0.25, 0.3) is 5.56 Å². The second-order valence-corrected chi connectivity index (χ2v) is 6.98. The Hall–Kier alpha value is -3.53. The van der Waals surface area contributed by atoms with Gasteiger partial charge in [-0.25, -0.2) is 13.2 Å². The Balaban J connectivity index is 2.08. The van der Waals surface area contributed by atoms with Crippen LogP contribution in [-0.4, -0.2) is 30.9 Å². The molecule has 170 valence electrons. The first kappa shape index (κ1) is 23.1. The van der Waals surface area contributed by atoms with E-state index < -0.39 is 23.0 Å². The van der Waals surface area contributed by atoms with Gasteiger partial charge in [0.05, 0.1) is 32.9 Å². The number of hydrogen-bond donors (Lipinski definition) is 1. The Morgan fingerprint density at radius 2 is 1.62 bits per heavy atom. The average Bonchev–Trinajstić information content (AvgIpc) is 2.76. The van der Waals surface area contributed by atoms with Gasteiger partial charge in [-0.15, -0.1) is 0 Å². The van der Waals surface area contributed by atoms with Gasteiger partial charge in [0.1, 0.15) is 0 Å². The molecule has 0 saturated carbocycles. The SMILES string of the molecule is COCc1cn(Cc2cc(F)c(F)c(F)c2)c(Nc2cc(OC)c(OC)cc2C)nc1=O. The minimum absolute atomic E-state index is 0.00631. The van der Waals surface area contributed by atoms with E-state index in [1.807, 2.05) is 6.92 Å². The van der Waals surface area contributed by atoms with Gasteiger partial charge < -0.3 is 24.1 Å². The van der Waals surface area contributed by atoms with Crippen LogP contribution in [-0.2, 0) is 17.9 Å². The van der Waals surface area contributed by atoms with Gasteiger partial charge in [-0.05, 0) is 36.2 Å². The summed E-state index contributed by atoms with van der Waals surface area (Å²) in [4.78, 5) is 16.5. The van der Waals surface area contributed by atoms with E-state index in [0.717, 1.165) is 17.7 Å². The summed E-state index contributed by atoms with van der Waals surface area (Å²) in [5.41, 5.74) is 1.19. The van der Waals surface area contributed by atoms with Crippen molar-refractivity contribution in [2.75, 3.05) is 26.6 Å². The zero-order valence-corrected chi connectivity index (χ0v) is 18.0. The fourth-order valence-corrected chi connectivity index (χ4v) is 3.14. The summed E-state index contributed by atoms with van der Waals surface area (Å²) >= 11 is 0. The molecule has 0 unspecified atom stereocenters. The third-order valence-electron chi connectivity index (χ3n) is 4.74. The Morgan fingerprint density at radius 3 is 2.22 bits per heavy atom. The zero-order valence-electron chi connectivity index (χ0n) is 18.0. The van der Waals surface area contributed by atoms with Gasteiger partial charge in [-0.2, -0.15) is 4.98 Å². The van der Waals surface area contributed by atoms with Gasteiger partial charge in [0.2, 0.25) is 5.95 Å². The highest BCUT2D eigenvalue weighted by molar-refractivity contribution is 5.64. The molecule has 0 atom stereocenters. The molecule has 3 aromatic rings. The summed E-state index contributed by atoms with van der Waals surface area (Å²) in [6.45, 7) is 1.72. The lowest BCUT2D eigenvalue weighted by Crippen LogP contribution is -2.21. The first-order valence-corrected chi connectivity index (χ1v) is 9.49. The lowest BCUT2D eigenvalue weighted by molar-refractivity contribution is 0.183. The van der Waals surface area contributed by atoms with E-state index in [1.165, 1.54) is 32.1 Å². The summed E-state index contributed by atoms with van der Waals surface area (Å²) < 4.78 is 57.9. The third kappa shape index (κ3) is 4.86. The maximum Gasteiger partial charge on any atom is 0.279 e. The second-order valence-electron chi connectivity index (χ2n) is 6.98. The van der Waals surface area contributed by atoms with Crippen LogP contribution < -0.4 is 20.3 Å². The van der Waals surface area contributed by atoms with Gasteiger partial charge >= 0.3 is 0 Å². The number of nitrogens with zero attached hydrogens (tertiary/aromatic N) is 2. The lowest BCUT2D eigenvalue weighted by Gasteiger charge is -2.18. The predicted molar refractivity (Wildman–Crippen MR) is 112 cm³/mol. The van der Waals surface area contributed by atoms with Crippen molar-refractivity contribution in [2.45, 2.75) is 20.1 Å². The van der Waals surface area contributed by atoms with E-state index >= 15 is 0 Å². The molecule has 10 heteroatoms. The summed E-state index contributed by atoms with van der Waals surface area (Å²) in [5.74, 6) is -3.09. The highest BCUT2D eigenvalue weighted by Gasteiger charge is 2.16. The highest BCUT2D eigenvalue weighted by atomic mass is 19.2. The van der Waals surface area contributed by atoms with E-state index in [2.05, 4.69) is 10.3 Å². The molecule has 0 aliphatic carbocycles. The largest absolute Gasteiger partial charge is 0.493 e. The second kappa shape index (κ2) is 9.73. The van der Waals surface area contributed by atoms with Crippen LogP contribution in [0.2, 0.25) is 0 Å². The van der Waals surface area contributed by atoms with Crippen molar-refractivity contribution in [3.05, 3.63) is 75.0 Å². The summed E-state index contributed by atoms with van der Waals surface area (Å²) in [5, 5.41) is 3.05. The third-order valence-corrected chi connectivity index (χ3v) is 4.74. The van der Waals surface area contributed by atoms with Crippen LogP contribution >= 0.6 is 0 Å². The highest BCUT2D eigenvalue weighted by Crippen LogP contribution is 2.34. The van der Waals surface area contributed by atoms with Crippen LogP contribution in [0, 0.1) is 24.4 Å². The van der Waals surface area contributed by atoms with E-state index in [4.69, 9.17) is 14.2 Å². The molecule has 0 saturated heterocycles. The van der Waals surface area contributed by atoms with Crippen LogP contribution in [0.1, 0.15) is 16.7 Å². The number of anilines is 2. The van der Waals surface area contributed by atoms with Gasteiger partial charge in [0.15, 0.2) is 29.0 Å². The fourth-order valence-electron chi connectivity index (χ4n) is 3.14. The lowest BCUT2D eigenvalue weighted by atomic mass is 10.1. The number of rotatable bonds is 8. The standard InChI is InChI=1S/C22H22F3N3O4/c1-12-5-18(31-3)19(32-4)8-17(12)26-22-27-21(29)14(11-30-2)10-28(22)9-13-6-15(23)20(25)16(24)7-13/h5-8,10H,9,11H2,1-4H3,(H,26,27,29). The van der Waals surface area contributed by atoms with Crippen molar-refractivity contribution in [3.8, 4) is 11.5 Å². The molecular formula is C22H22F3N3O4. The van der Waals surface area contributed by atoms with E-state index in [1.54, 1.807) is 12.1 Å². The first-order chi connectivity index (χ1) is 15.3. The van der Waals surface area contributed by atoms with E-state index in [0.29, 0.717) is 17.2 Å². The molecule has 1 aromatic heterocycles. The molecule has 0 spiro atoms. The quantitative estimate of drug-likeness (QED) is 0.526. The van der Waals surface area contributed by atoms with E-state index in [-0.39, 0.29) is 30.2 Å². The van der Waals surface area contributed by atoms with Crippen LogP contribution in [0.15, 0.2) is 35.3 Å². The number of nitrogens with one attached hydrogen (secondary N) is 1. The number of benzene rings is 2. The Morgan fingerprint density at radius 1 is 1.00 bits per heavy atom. The average molecular weight is 449 g/mol. The van der Waals surface area contributed by atoms with Gasteiger partial charge in [0, 0.05) is 25.1 Å². The molecule has 0 aliphatic heterocycles. The van der Waals surface area contributed by atoms with Crippen LogP contribution in [0.5, 0.6) is 11.5 Å². The van der Waals surface area contributed by atoms with Gasteiger partial charge in [-0.3, -0.25) is 4.79 Å². The molecule has 0 radical (unpaired) electrons. The van der Waals surface area contributed by atoms with Crippen molar-refractivity contribution >= 4 is 11.6 Å². The van der Waals surface area contributed by atoms with Crippen LogP contribution in [0.3, 0.4) is 0 Å². The number of hydrogen-bond acceptors (Lipinski definition) is 6.